The maximum atomic E-state index is 12.8. The standard InChI is InChI=1S/C69H134NO8P/c1-6-8-10-12-14-16-18-20-22-23-24-25-26-27-28-29-30-31-32-33-34-35-36-37-38-39-40-41-42-43-44-45-46-48-49-51-53-55-57-59-61-68(71)75-65-67(66-77-79(73,74)76-64-63-70(3,4)5)78-69(72)62-60-58-56-54-52-50-47-21-19-17-15-13-11-9-7-2/h15,17,21,47,67H,6-14,16,18-20,22-46,48-66H2,1-5H3/b17-15-,47-21-. The Bertz CT molecular complexity index is 1380. The molecule has 468 valence electrons. The van der Waals surface area contributed by atoms with Gasteiger partial charge in [-0.25, -0.2) is 0 Å². The van der Waals surface area contributed by atoms with Gasteiger partial charge in [-0.2, -0.15) is 0 Å². The number of quaternary nitrogens is 1. The number of likely N-dealkylation sites (N-methyl/N-ethyl adjacent to an activating group) is 1. The van der Waals surface area contributed by atoms with E-state index in [0.717, 1.165) is 57.8 Å². The van der Waals surface area contributed by atoms with Crippen LogP contribution in [-0.4, -0.2) is 70.0 Å². The number of ether oxygens (including phenoxy) is 2. The number of esters is 2. The molecule has 2 unspecified atom stereocenters. The summed E-state index contributed by atoms with van der Waals surface area (Å²) < 4.78 is 34.2. The third kappa shape index (κ3) is 65.5. The number of carbonyl (C=O) groups excluding carboxylic acids is 2. The highest BCUT2D eigenvalue weighted by atomic mass is 31.2. The predicted molar refractivity (Wildman–Crippen MR) is 338 cm³/mol. The van der Waals surface area contributed by atoms with Crippen molar-refractivity contribution in [2.75, 3.05) is 47.5 Å². The zero-order chi connectivity index (χ0) is 57.7. The first-order valence-electron chi connectivity index (χ1n) is 34.5. The number of allylic oxidation sites excluding steroid dienone is 4. The third-order valence-corrected chi connectivity index (χ3v) is 16.7. The van der Waals surface area contributed by atoms with E-state index < -0.39 is 26.5 Å². The number of phosphoric ester groups is 1. The Morgan fingerprint density at radius 2 is 0.684 bits per heavy atom. The molecule has 0 N–H and O–H groups in total. The van der Waals surface area contributed by atoms with E-state index in [1.54, 1.807) is 0 Å². The fraction of sp³-hybridized carbons (Fsp3) is 0.913. The molecule has 0 saturated carbocycles. The second kappa shape index (κ2) is 61.1. The molecule has 2 atom stereocenters. The van der Waals surface area contributed by atoms with Crippen LogP contribution < -0.4 is 4.89 Å². The summed E-state index contributed by atoms with van der Waals surface area (Å²) in [6.45, 7) is 4.25. The van der Waals surface area contributed by atoms with Crippen molar-refractivity contribution in [1.29, 1.82) is 0 Å². The predicted octanol–water partition coefficient (Wildman–Crippen LogP) is 21.5. The monoisotopic (exact) mass is 1140 g/mol. The van der Waals surface area contributed by atoms with Gasteiger partial charge in [0.1, 0.15) is 19.8 Å². The summed E-state index contributed by atoms with van der Waals surface area (Å²) in [5.74, 6) is -0.833. The van der Waals surface area contributed by atoms with Gasteiger partial charge in [0.05, 0.1) is 27.7 Å². The topological polar surface area (TPSA) is 111 Å². The van der Waals surface area contributed by atoms with Crippen LogP contribution in [-0.2, 0) is 32.7 Å². The highest BCUT2D eigenvalue weighted by Gasteiger charge is 2.22. The molecular weight excluding hydrogens is 1000 g/mol. The Morgan fingerprint density at radius 1 is 0.392 bits per heavy atom. The van der Waals surface area contributed by atoms with Crippen molar-refractivity contribution in [1.82, 2.24) is 0 Å². The molecule has 0 aromatic carbocycles. The summed E-state index contributed by atoms with van der Waals surface area (Å²) in [7, 11) is 1.17. The largest absolute Gasteiger partial charge is 0.756 e. The molecule has 0 saturated heterocycles. The zero-order valence-electron chi connectivity index (χ0n) is 53.4. The summed E-state index contributed by atoms with van der Waals surface area (Å²) in [6.07, 6.45) is 75.8. The molecule has 79 heavy (non-hydrogen) atoms. The van der Waals surface area contributed by atoms with Crippen molar-refractivity contribution in [3.8, 4) is 0 Å². The van der Waals surface area contributed by atoms with Gasteiger partial charge in [0.15, 0.2) is 6.10 Å². The number of unbranched alkanes of at least 4 members (excludes halogenated alkanes) is 47. The zero-order valence-corrected chi connectivity index (χ0v) is 54.2. The molecule has 0 heterocycles. The molecule has 0 spiro atoms. The lowest BCUT2D eigenvalue weighted by Crippen LogP contribution is -2.37. The average molecular weight is 1140 g/mol. The van der Waals surface area contributed by atoms with Crippen LogP contribution in [0.5, 0.6) is 0 Å². The van der Waals surface area contributed by atoms with E-state index in [0.29, 0.717) is 17.4 Å². The highest BCUT2D eigenvalue weighted by molar-refractivity contribution is 7.45. The van der Waals surface area contributed by atoms with Crippen molar-refractivity contribution >= 4 is 19.8 Å². The Hall–Kier alpha value is -1.51. The minimum atomic E-state index is -4.64. The molecule has 0 aliphatic rings. The molecular formula is C69H134NO8P. The molecule has 0 aliphatic carbocycles. The molecule has 0 aliphatic heterocycles. The van der Waals surface area contributed by atoms with Gasteiger partial charge in [0.25, 0.3) is 7.82 Å². The lowest BCUT2D eigenvalue weighted by molar-refractivity contribution is -0.870. The summed E-state index contributed by atoms with van der Waals surface area (Å²) in [6, 6.07) is 0. The summed E-state index contributed by atoms with van der Waals surface area (Å²) in [4.78, 5) is 37.9. The van der Waals surface area contributed by atoms with Crippen molar-refractivity contribution in [2.45, 2.75) is 360 Å². The smallest absolute Gasteiger partial charge is 0.306 e. The second-order valence-corrected chi connectivity index (χ2v) is 26.3. The summed E-state index contributed by atoms with van der Waals surface area (Å²) in [5, 5.41) is 0. The molecule has 0 aromatic rings. The van der Waals surface area contributed by atoms with E-state index in [1.165, 1.54) is 263 Å². The highest BCUT2D eigenvalue weighted by Crippen LogP contribution is 2.38. The Balaban J connectivity index is 3.82. The molecule has 0 bridgehead atoms. The normalized spacial score (nSPS) is 13.2. The molecule has 9 nitrogen and oxygen atoms in total. The Morgan fingerprint density at radius 3 is 1.03 bits per heavy atom. The van der Waals surface area contributed by atoms with Crippen molar-refractivity contribution in [3.05, 3.63) is 24.3 Å². The van der Waals surface area contributed by atoms with E-state index in [-0.39, 0.29) is 32.0 Å². The van der Waals surface area contributed by atoms with Gasteiger partial charge in [0.2, 0.25) is 0 Å². The van der Waals surface area contributed by atoms with Crippen molar-refractivity contribution in [3.63, 3.8) is 0 Å². The summed E-state index contributed by atoms with van der Waals surface area (Å²) >= 11 is 0. The maximum absolute atomic E-state index is 12.8. The molecule has 0 aromatic heterocycles. The minimum Gasteiger partial charge on any atom is -0.756 e. The quantitative estimate of drug-likeness (QED) is 0.0195. The third-order valence-electron chi connectivity index (χ3n) is 15.7. The van der Waals surface area contributed by atoms with Crippen molar-refractivity contribution < 1.29 is 42.1 Å². The van der Waals surface area contributed by atoms with Gasteiger partial charge in [0, 0.05) is 12.8 Å². The minimum absolute atomic E-state index is 0.0314. The lowest BCUT2D eigenvalue weighted by atomic mass is 10.0. The van der Waals surface area contributed by atoms with Crippen LogP contribution in [0.15, 0.2) is 24.3 Å². The fourth-order valence-electron chi connectivity index (χ4n) is 10.4. The van der Waals surface area contributed by atoms with E-state index >= 15 is 0 Å². The second-order valence-electron chi connectivity index (χ2n) is 24.9. The maximum Gasteiger partial charge on any atom is 0.306 e. The van der Waals surface area contributed by atoms with Gasteiger partial charge in [-0.3, -0.25) is 14.2 Å². The molecule has 10 heteroatoms. The van der Waals surface area contributed by atoms with Crippen molar-refractivity contribution in [2.24, 2.45) is 0 Å². The van der Waals surface area contributed by atoms with E-state index in [9.17, 15) is 19.0 Å². The van der Waals surface area contributed by atoms with Crippen LogP contribution in [0.2, 0.25) is 0 Å². The first-order valence-corrected chi connectivity index (χ1v) is 36.0. The van der Waals surface area contributed by atoms with Gasteiger partial charge in [-0.05, 0) is 44.9 Å². The summed E-state index contributed by atoms with van der Waals surface area (Å²) in [5.41, 5.74) is 0. The van der Waals surface area contributed by atoms with Gasteiger partial charge < -0.3 is 27.9 Å². The molecule has 0 rings (SSSR count). The van der Waals surface area contributed by atoms with Crippen LogP contribution in [0, 0.1) is 0 Å². The number of hydrogen-bond donors (Lipinski definition) is 0. The number of nitrogens with zero attached hydrogens (tertiary/aromatic N) is 1. The van der Waals surface area contributed by atoms with E-state index in [2.05, 4.69) is 38.2 Å². The molecule has 0 radical (unpaired) electrons. The average Bonchev–Trinajstić information content (AvgIpc) is 3.41. The first-order chi connectivity index (χ1) is 38.5. The number of hydrogen-bond acceptors (Lipinski definition) is 8. The number of carbonyl (C=O) groups is 2. The molecule has 0 amide bonds. The first kappa shape index (κ1) is 77.5. The SMILES string of the molecule is CCCCC/C=C\C/C=C\CCCCCCCC(=O)OC(COC(=O)CCCCCCCCCCCCCCCCCCCCCCCCCCCCCCCCCCCCCCCCCC)COP(=O)([O-])OCC[N+](C)(C)C. The van der Waals surface area contributed by atoms with Gasteiger partial charge in [-0.15, -0.1) is 0 Å². The van der Waals surface area contributed by atoms with Gasteiger partial charge >= 0.3 is 11.9 Å². The number of rotatable bonds is 65. The van der Waals surface area contributed by atoms with Crippen LogP contribution in [0.4, 0.5) is 0 Å². The van der Waals surface area contributed by atoms with Crippen LogP contribution in [0.25, 0.3) is 0 Å². The Kier molecular flexibility index (Phi) is 59.9. The van der Waals surface area contributed by atoms with Crippen LogP contribution in [0.1, 0.15) is 354 Å². The van der Waals surface area contributed by atoms with E-state index in [1.807, 2.05) is 21.1 Å². The van der Waals surface area contributed by atoms with E-state index in [4.69, 9.17) is 18.5 Å². The lowest BCUT2D eigenvalue weighted by Gasteiger charge is -2.28. The van der Waals surface area contributed by atoms with Crippen LogP contribution >= 0.6 is 7.82 Å². The fourth-order valence-corrected chi connectivity index (χ4v) is 11.1. The van der Waals surface area contributed by atoms with Crippen LogP contribution in [0.3, 0.4) is 0 Å². The number of phosphoric acid groups is 1. The molecule has 0 fully saturated rings. The Labute approximate surface area is 491 Å². The van der Waals surface area contributed by atoms with Gasteiger partial charge in [-0.1, -0.05) is 321 Å².